The van der Waals surface area contributed by atoms with E-state index < -0.39 is 40.3 Å². The van der Waals surface area contributed by atoms with Gasteiger partial charge in [0.1, 0.15) is 28.4 Å². The maximum atomic E-state index is 14.8. The monoisotopic (exact) mass is 950 g/mol. The second-order valence-corrected chi connectivity index (χ2v) is 18.7. The van der Waals surface area contributed by atoms with Gasteiger partial charge < -0.3 is 39.8 Å². The summed E-state index contributed by atoms with van der Waals surface area (Å²) in [4.78, 5) is 29.7. The number of carbonyl (C=O) groups excluding carboxylic acids is 2. The second kappa shape index (κ2) is 21.5. The van der Waals surface area contributed by atoms with Crippen LogP contribution in [0.25, 0.3) is 21.5 Å². The molecule has 10 nitrogen and oxygen atoms in total. The molecule has 364 valence electrons. The summed E-state index contributed by atoms with van der Waals surface area (Å²) in [5.74, 6) is -0.525. The van der Waals surface area contributed by atoms with Gasteiger partial charge in [0.2, 0.25) is 11.8 Å². The van der Waals surface area contributed by atoms with Gasteiger partial charge in [0.25, 0.3) is 0 Å². The summed E-state index contributed by atoms with van der Waals surface area (Å²) in [7, 11) is 6.36. The number of benzene rings is 8. The first-order valence-electron chi connectivity index (χ1n) is 23.8. The predicted molar refractivity (Wildman–Crippen MR) is 281 cm³/mol. The number of carbonyl (C=O) groups is 2. The summed E-state index contributed by atoms with van der Waals surface area (Å²) in [5, 5.41) is 37.1. The molecule has 0 aliphatic rings. The van der Waals surface area contributed by atoms with Crippen molar-refractivity contribution >= 4 is 33.4 Å². The molecule has 0 aliphatic heterocycles. The molecule has 2 amide bonds. The maximum absolute atomic E-state index is 14.8. The lowest BCUT2D eigenvalue weighted by Gasteiger charge is -2.40. The Hall–Kier alpha value is -7.66. The van der Waals surface area contributed by atoms with E-state index >= 15 is 0 Å². The summed E-state index contributed by atoms with van der Waals surface area (Å²) in [5.41, 5.74) is -0.711. The summed E-state index contributed by atoms with van der Waals surface area (Å²) in [6.07, 6.45) is 0.0919. The summed E-state index contributed by atoms with van der Waals surface area (Å²) in [6.45, 7) is 2.53. The number of para-hydroxylation sites is 4. The predicted octanol–water partition coefficient (Wildman–Crippen LogP) is 10.2. The lowest BCUT2D eigenvalue weighted by atomic mass is 9.72. The number of hydrogen-bond donors (Lipinski definition) is 4. The van der Waals surface area contributed by atoms with Gasteiger partial charge in [-0.1, -0.05) is 158 Å². The zero-order valence-corrected chi connectivity index (χ0v) is 41.1. The molecule has 10 heteroatoms. The number of methoxy groups -OCH3 is 4. The average molecular weight is 951 g/mol. The van der Waals surface area contributed by atoms with E-state index in [4.69, 9.17) is 18.9 Å². The molecule has 0 spiro atoms. The van der Waals surface area contributed by atoms with Crippen LogP contribution in [0.3, 0.4) is 0 Å². The molecule has 0 bridgehead atoms. The molecule has 0 aromatic heterocycles. The Bertz CT molecular complexity index is 2930. The third-order valence-corrected chi connectivity index (χ3v) is 13.9. The lowest BCUT2D eigenvalue weighted by molar-refractivity contribution is -0.143. The second-order valence-electron chi connectivity index (χ2n) is 18.7. The smallest absolute Gasteiger partial charge is 0.235 e. The molecule has 8 aromatic carbocycles. The van der Waals surface area contributed by atoms with E-state index in [1.165, 1.54) is 0 Å². The highest BCUT2D eigenvalue weighted by molar-refractivity contribution is 6.04. The van der Waals surface area contributed by atoms with Gasteiger partial charge in [0.05, 0.1) is 39.6 Å². The van der Waals surface area contributed by atoms with E-state index in [9.17, 15) is 19.8 Å². The minimum Gasteiger partial charge on any atom is -0.496 e. The van der Waals surface area contributed by atoms with Crippen molar-refractivity contribution in [3.8, 4) is 23.0 Å². The third kappa shape index (κ3) is 10.3. The highest BCUT2D eigenvalue weighted by atomic mass is 16.5. The van der Waals surface area contributed by atoms with Crippen LogP contribution in [0, 0.1) is 5.41 Å². The lowest BCUT2D eigenvalue weighted by Crippen LogP contribution is -2.56. The molecule has 8 aromatic rings. The minimum atomic E-state index is -1.75. The number of hydrogen-bond acceptors (Lipinski definition) is 8. The number of ether oxygens (including phenoxy) is 4. The number of amides is 2. The van der Waals surface area contributed by atoms with Crippen LogP contribution in [0.5, 0.6) is 23.0 Å². The molecule has 0 saturated carbocycles. The molecular formula is C61H62N2O8. The van der Waals surface area contributed by atoms with Gasteiger partial charge in [-0.15, -0.1) is 0 Å². The topological polar surface area (TPSA) is 136 Å². The van der Waals surface area contributed by atoms with Gasteiger partial charge in [0, 0.05) is 48.9 Å². The van der Waals surface area contributed by atoms with Gasteiger partial charge in [-0.05, 0) is 81.9 Å². The standard InChI is InChI=1S/C61H62N2O8/c1-59(2,57(64)62-39-60(66,37-43-23-9-15-33-51(43)68-3)55(49-29-13-17-35-53(49)70-5)47-31-19-25-41-21-7-11-27-45(41)47)58(65)63-40-61(67,38-44-24-10-16-34-52(44)69-4)56(50-30-14-18-36-54(50)71-6)48-32-20-26-42-22-8-12-28-46(42)48/h7-36,55-56,66-67H,37-40H2,1-6H3,(H,62,64)(H,63,65). The zero-order valence-electron chi connectivity index (χ0n) is 41.1. The first kappa shape index (κ1) is 49.8. The van der Waals surface area contributed by atoms with E-state index in [1.54, 1.807) is 42.3 Å². The highest BCUT2D eigenvalue weighted by Gasteiger charge is 2.46. The van der Waals surface area contributed by atoms with E-state index in [-0.39, 0.29) is 25.9 Å². The third-order valence-electron chi connectivity index (χ3n) is 13.9. The van der Waals surface area contributed by atoms with Crippen LogP contribution in [-0.2, 0) is 22.4 Å². The van der Waals surface area contributed by atoms with E-state index in [0.29, 0.717) is 45.3 Å². The molecule has 4 unspecified atom stereocenters. The van der Waals surface area contributed by atoms with Gasteiger partial charge >= 0.3 is 0 Å². The Labute approximate surface area is 416 Å². The van der Waals surface area contributed by atoms with Crippen molar-refractivity contribution in [3.05, 3.63) is 215 Å². The fraction of sp³-hybridized carbons (Fsp3) is 0.246. The van der Waals surface area contributed by atoms with Crippen molar-refractivity contribution in [1.29, 1.82) is 0 Å². The Morgan fingerprint density at radius 2 is 0.732 bits per heavy atom. The highest BCUT2D eigenvalue weighted by Crippen LogP contribution is 2.46. The fourth-order valence-corrected chi connectivity index (χ4v) is 10.2. The van der Waals surface area contributed by atoms with Crippen LogP contribution in [0.2, 0.25) is 0 Å². The molecule has 4 atom stereocenters. The number of fused-ring (bicyclic) bond motifs is 2. The molecule has 0 saturated heterocycles. The molecule has 0 radical (unpaired) electrons. The van der Waals surface area contributed by atoms with Crippen LogP contribution < -0.4 is 29.6 Å². The van der Waals surface area contributed by atoms with Crippen LogP contribution in [0.15, 0.2) is 182 Å². The molecular weight excluding hydrogens is 889 g/mol. The van der Waals surface area contributed by atoms with Crippen molar-refractivity contribution in [2.24, 2.45) is 5.41 Å². The first-order chi connectivity index (χ1) is 34.4. The molecule has 0 heterocycles. The van der Waals surface area contributed by atoms with Gasteiger partial charge in [-0.25, -0.2) is 0 Å². The van der Waals surface area contributed by atoms with Crippen LogP contribution in [0.1, 0.15) is 59.1 Å². The minimum absolute atomic E-state index is 0.0460. The molecule has 71 heavy (non-hydrogen) atoms. The first-order valence-corrected chi connectivity index (χ1v) is 23.8. The van der Waals surface area contributed by atoms with Gasteiger partial charge in [-0.2, -0.15) is 0 Å². The van der Waals surface area contributed by atoms with Crippen LogP contribution >= 0.6 is 0 Å². The number of nitrogens with one attached hydrogen (secondary N) is 2. The summed E-state index contributed by atoms with van der Waals surface area (Å²) in [6, 6.07) is 58.0. The Kier molecular flexibility index (Phi) is 15.1. The van der Waals surface area contributed by atoms with Crippen molar-refractivity contribution in [2.75, 3.05) is 41.5 Å². The SMILES string of the molecule is COc1ccccc1CC(O)(CNC(=O)C(C)(C)C(=O)NCC(O)(Cc1ccccc1OC)C(c1ccccc1OC)c1cccc2ccccc12)C(c1ccccc1OC)c1cccc2ccccc12. The van der Waals surface area contributed by atoms with Crippen molar-refractivity contribution < 1.29 is 38.7 Å². The summed E-state index contributed by atoms with van der Waals surface area (Å²) >= 11 is 0. The van der Waals surface area contributed by atoms with E-state index in [2.05, 4.69) is 10.6 Å². The Balaban J connectivity index is 1.17. The van der Waals surface area contributed by atoms with Crippen LogP contribution in [0.4, 0.5) is 0 Å². The summed E-state index contributed by atoms with van der Waals surface area (Å²) < 4.78 is 23.5. The van der Waals surface area contributed by atoms with Crippen molar-refractivity contribution in [2.45, 2.75) is 49.7 Å². The average Bonchev–Trinajstić information content (AvgIpc) is 3.40. The van der Waals surface area contributed by atoms with Gasteiger partial charge in [0.15, 0.2) is 0 Å². The quantitative estimate of drug-likeness (QED) is 0.0555. The van der Waals surface area contributed by atoms with Gasteiger partial charge in [-0.3, -0.25) is 9.59 Å². The van der Waals surface area contributed by atoms with Crippen LogP contribution in [-0.4, -0.2) is 74.8 Å². The van der Waals surface area contributed by atoms with E-state index in [1.807, 2.05) is 182 Å². The largest absolute Gasteiger partial charge is 0.496 e. The Morgan fingerprint density at radius 1 is 0.423 bits per heavy atom. The molecule has 0 aliphatic carbocycles. The molecule has 0 fully saturated rings. The van der Waals surface area contributed by atoms with Crippen molar-refractivity contribution in [3.63, 3.8) is 0 Å². The maximum Gasteiger partial charge on any atom is 0.235 e. The molecule has 8 rings (SSSR count). The number of rotatable bonds is 20. The zero-order chi connectivity index (χ0) is 50.2. The van der Waals surface area contributed by atoms with Crippen molar-refractivity contribution in [1.82, 2.24) is 10.6 Å². The fourth-order valence-electron chi connectivity index (χ4n) is 10.2. The number of aliphatic hydroxyl groups is 2. The van der Waals surface area contributed by atoms with E-state index in [0.717, 1.165) is 32.7 Å². The Morgan fingerprint density at radius 3 is 1.13 bits per heavy atom. The molecule has 4 N–H and O–H groups in total. The normalized spacial score (nSPS) is 14.1.